The van der Waals surface area contributed by atoms with E-state index in [2.05, 4.69) is 241 Å². The first kappa shape index (κ1) is 37.7. The largest absolute Gasteiger partial charge is 0.455 e. The molecule has 0 aliphatic heterocycles. The van der Waals surface area contributed by atoms with Crippen molar-refractivity contribution in [2.75, 3.05) is 4.90 Å². The van der Waals surface area contributed by atoms with Gasteiger partial charge in [-0.05, 0) is 115 Å². The molecule has 2 aliphatic rings. The summed E-state index contributed by atoms with van der Waals surface area (Å²) in [4.78, 5) is 2.47. The quantitative estimate of drug-likeness (QED) is 0.171. The lowest BCUT2D eigenvalue weighted by Crippen LogP contribution is -2.26. The molecular weight excluding hydrogens is 843 g/mol. The first-order valence-corrected chi connectivity index (χ1v) is 24.2. The van der Waals surface area contributed by atoms with Crippen molar-refractivity contribution in [1.29, 1.82) is 0 Å². The van der Waals surface area contributed by atoms with Crippen molar-refractivity contribution in [2.24, 2.45) is 0 Å². The second-order valence-electron chi connectivity index (χ2n) is 18.2. The fraction of sp³-hybridized carbons (Fsp3) is 0.0154. The van der Waals surface area contributed by atoms with Crippen molar-refractivity contribution in [2.45, 2.75) is 5.41 Å². The molecule has 2 aliphatic carbocycles. The minimum absolute atomic E-state index is 0.478. The number of nitrogens with zero attached hydrogens (tertiary/aromatic N) is 1. The fourth-order valence-corrected chi connectivity index (χ4v) is 13.3. The van der Waals surface area contributed by atoms with Crippen LogP contribution < -0.4 is 4.90 Å². The van der Waals surface area contributed by atoms with Gasteiger partial charge in [0.05, 0.1) is 16.5 Å². The topological polar surface area (TPSA) is 16.4 Å². The molecule has 3 heteroatoms. The second kappa shape index (κ2) is 14.3. The Morgan fingerprint density at radius 1 is 0.382 bits per heavy atom. The highest BCUT2D eigenvalue weighted by molar-refractivity contribution is 7.26. The van der Waals surface area contributed by atoms with Crippen LogP contribution in [0.4, 0.5) is 17.1 Å². The van der Waals surface area contributed by atoms with Crippen LogP contribution >= 0.6 is 11.3 Å². The summed E-state index contributed by atoms with van der Waals surface area (Å²) >= 11 is 1.86. The van der Waals surface area contributed by atoms with Gasteiger partial charge in [0.15, 0.2) is 0 Å². The van der Waals surface area contributed by atoms with Crippen LogP contribution in [0.5, 0.6) is 0 Å². The Hall–Kier alpha value is -8.50. The molecule has 0 N–H and O–H groups in total. The zero-order valence-corrected chi connectivity index (χ0v) is 37.6. The van der Waals surface area contributed by atoms with Crippen molar-refractivity contribution < 1.29 is 4.42 Å². The van der Waals surface area contributed by atoms with E-state index in [1.54, 1.807) is 0 Å². The Bertz CT molecular complexity index is 4150. The van der Waals surface area contributed by atoms with Crippen LogP contribution in [-0.2, 0) is 5.41 Å². The van der Waals surface area contributed by atoms with E-state index in [-0.39, 0.29) is 0 Å². The molecular formula is C65H39NOS. The Morgan fingerprint density at radius 2 is 0.956 bits per heavy atom. The van der Waals surface area contributed by atoms with E-state index >= 15 is 0 Å². The minimum Gasteiger partial charge on any atom is -0.455 e. The van der Waals surface area contributed by atoms with Crippen molar-refractivity contribution in [3.8, 4) is 44.5 Å². The lowest BCUT2D eigenvalue weighted by Gasteiger charge is -2.32. The highest BCUT2D eigenvalue weighted by atomic mass is 32.1. The minimum atomic E-state index is -0.478. The lowest BCUT2D eigenvalue weighted by molar-refractivity contribution is 0.670. The smallest absolute Gasteiger partial charge is 0.144 e. The standard InChI is InChI=1S/C65H39NOS/c1-2-16-40(17-3-1)41-32-34-43(35-33-41)66(44-36-37-49-48-22-8-12-28-56(48)65(57(49)39-44)54-26-10-6-20-46(54)47-21-7-11-27-55(47)65)58-29-15-30-59-62(58)53-38-42-18-4-5-19-45(42)61(63(53)67-59)52-25-14-24-51-50-23-9-13-31-60(50)68-64(51)52/h1-39H. The number of benzene rings is 11. The first-order chi connectivity index (χ1) is 33.7. The molecule has 15 rings (SSSR count). The zero-order chi connectivity index (χ0) is 44.5. The van der Waals surface area contributed by atoms with Crippen LogP contribution in [0.25, 0.3) is 97.4 Å². The summed E-state index contributed by atoms with van der Waals surface area (Å²) in [6.07, 6.45) is 0. The normalized spacial score (nSPS) is 13.1. The molecule has 0 radical (unpaired) electrons. The summed E-state index contributed by atoms with van der Waals surface area (Å²) in [5.41, 5.74) is 19.6. The van der Waals surface area contributed by atoms with Crippen molar-refractivity contribution >= 4 is 81.3 Å². The van der Waals surface area contributed by atoms with E-state index in [9.17, 15) is 0 Å². The number of fused-ring (bicyclic) bond motifs is 17. The van der Waals surface area contributed by atoms with Gasteiger partial charge >= 0.3 is 0 Å². The van der Waals surface area contributed by atoms with Crippen LogP contribution in [0.1, 0.15) is 22.3 Å². The summed E-state index contributed by atoms with van der Waals surface area (Å²) < 4.78 is 9.82. The third-order valence-electron chi connectivity index (χ3n) is 14.9. The van der Waals surface area contributed by atoms with Gasteiger partial charge in [-0.2, -0.15) is 0 Å². The van der Waals surface area contributed by atoms with Crippen LogP contribution in [0.15, 0.2) is 241 Å². The highest BCUT2D eigenvalue weighted by Crippen LogP contribution is 2.63. The zero-order valence-electron chi connectivity index (χ0n) is 36.8. The number of rotatable bonds is 5. The van der Waals surface area contributed by atoms with Crippen molar-refractivity contribution in [1.82, 2.24) is 0 Å². The molecule has 316 valence electrons. The molecule has 13 aromatic rings. The fourth-order valence-electron chi connectivity index (χ4n) is 12.1. The third kappa shape index (κ3) is 5.11. The van der Waals surface area contributed by atoms with E-state index in [1.165, 1.54) is 92.1 Å². The van der Waals surface area contributed by atoms with Crippen molar-refractivity contribution in [3.63, 3.8) is 0 Å². The van der Waals surface area contributed by atoms with Gasteiger partial charge in [0.1, 0.15) is 11.2 Å². The lowest BCUT2D eigenvalue weighted by atomic mass is 9.70. The Labute approximate surface area is 397 Å². The molecule has 0 atom stereocenters. The number of hydrogen-bond acceptors (Lipinski definition) is 3. The molecule has 2 heterocycles. The van der Waals surface area contributed by atoms with Gasteiger partial charge in [-0.1, -0.05) is 188 Å². The third-order valence-corrected chi connectivity index (χ3v) is 16.1. The molecule has 0 fully saturated rings. The van der Waals surface area contributed by atoms with Crippen LogP contribution in [0, 0.1) is 0 Å². The summed E-state index contributed by atoms with van der Waals surface area (Å²) in [5.74, 6) is 0. The van der Waals surface area contributed by atoms with E-state index in [0.717, 1.165) is 44.6 Å². The monoisotopic (exact) mass is 881 g/mol. The predicted molar refractivity (Wildman–Crippen MR) is 286 cm³/mol. The van der Waals surface area contributed by atoms with E-state index in [0.29, 0.717) is 0 Å². The molecule has 0 bridgehead atoms. The van der Waals surface area contributed by atoms with Gasteiger partial charge in [-0.25, -0.2) is 0 Å². The van der Waals surface area contributed by atoms with E-state index in [1.807, 2.05) is 11.3 Å². The number of hydrogen-bond donors (Lipinski definition) is 0. The van der Waals surface area contributed by atoms with E-state index in [4.69, 9.17) is 4.42 Å². The van der Waals surface area contributed by atoms with Gasteiger partial charge in [0.25, 0.3) is 0 Å². The molecule has 1 spiro atoms. The Morgan fingerprint density at radius 3 is 1.71 bits per heavy atom. The van der Waals surface area contributed by atoms with Crippen LogP contribution in [0.2, 0.25) is 0 Å². The molecule has 11 aromatic carbocycles. The van der Waals surface area contributed by atoms with Gasteiger partial charge in [-0.3, -0.25) is 0 Å². The number of anilines is 3. The average molecular weight is 882 g/mol. The van der Waals surface area contributed by atoms with Crippen LogP contribution in [0.3, 0.4) is 0 Å². The maximum atomic E-state index is 7.26. The maximum absolute atomic E-state index is 7.26. The first-order valence-electron chi connectivity index (χ1n) is 23.4. The predicted octanol–water partition coefficient (Wildman–Crippen LogP) is 18.3. The number of furan rings is 1. The molecule has 0 saturated carbocycles. The van der Waals surface area contributed by atoms with Gasteiger partial charge < -0.3 is 9.32 Å². The van der Waals surface area contributed by atoms with Gasteiger partial charge in [0, 0.05) is 48.1 Å². The second-order valence-corrected chi connectivity index (χ2v) is 19.3. The van der Waals surface area contributed by atoms with E-state index < -0.39 is 5.41 Å². The Kier molecular flexibility index (Phi) is 7.90. The SMILES string of the molecule is c1ccc(-c2ccc(N(c3ccc4c(c3)C3(c5ccccc5-c5ccccc53)c3ccccc3-4)c3cccc4oc5c(-c6cccc7c6sc6ccccc67)c6ccccc6cc5c34)cc2)cc1. The van der Waals surface area contributed by atoms with Crippen molar-refractivity contribution in [3.05, 3.63) is 259 Å². The maximum Gasteiger partial charge on any atom is 0.144 e. The Balaban J connectivity index is 1.02. The summed E-state index contributed by atoms with van der Waals surface area (Å²) in [6, 6.07) is 87.4. The summed E-state index contributed by atoms with van der Waals surface area (Å²) in [5, 5.41) is 7.10. The molecule has 0 unspecified atom stereocenters. The molecule has 2 nitrogen and oxygen atoms in total. The van der Waals surface area contributed by atoms with Crippen LogP contribution in [-0.4, -0.2) is 0 Å². The summed E-state index contributed by atoms with van der Waals surface area (Å²) in [7, 11) is 0. The summed E-state index contributed by atoms with van der Waals surface area (Å²) in [6.45, 7) is 0. The molecule has 0 saturated heterocycles. The molecule has 68 heavy (non-hydrogen) atoms. The van der Waals surface area contributed by atoms with Gasteiger partial charge in [0.2, 0.25) is 0 Å². The van der Waals surface area contributed by atoms with Gasteiger partial charge in [-0.15, -0.1) is 11.3 Å². The molecule has 2 aromatic heterocycles. The number of thiophene rings is 1. The average Bonchev–Trinajstić information content (AvgIpc) is 4.14. The molecule has 0 amide bonds. The highest BCUT2D eigenvalue weighted by Gasteiger charge is 2.51.